The van der Waals surface area contributed by atoms with E-state index in [0.717, 1.165) is 36.4 Å². The number of methoxy groups -OCH3 is 1. The van der Waals surface area contributed by atoms with E-state index in [1.807, 2.05) is 12.1 Å². The van der Waals surface area contributed by atoms with E-state index in [1.165, 1.54) is 17.8 Å². The molecule has 1 radical (unpaired) electrons. The summed E-state index contributed by atoms with van der Waals surface area (Å²) < 4.78 is 48.2. The molecule has 2 atom stereocenters. The maximum atomic E-state index is 12.0. The molecule has 0 spiro atoms. The summed E-state index contributed by atoms with van der Waals surface area (Å²) in [5, 5.41) is 3.15. The number of ether oxygens (including phenoxy) is 2. The second kappa shape index (κ2) is 9.86. The van der Waals surface area contributed by atoms with Crippen LogP contribution >= 0.6 is 0 Å². The zero-order valence-corrected chi connectivity index (χ0v) is 17.8. The van der Waals surface area contributed by atoms with Gasteiger partial charge in [0.05, 0.1) is 12.7 Å². The summed E-state index contributed by atoms with van der Waals surface area (Å²) in [5.74, 6) is -0.316. The molecule has 0 saturated carbocycles. The van der Waals surface area contributed by atoms with E-state index in [-0.39, 0.29) is 22.8 Å². The van der Waals surface area contributed by atoms with Crippen molar-refractivity contribution in [2.75, 3.05) is 26.8 Å². The first-order valence-electron chi connectivity index (χ1n) is 9.44. The first-order valence-corrected chi connectivity index (χ1v) is 9.44. The maximum absolute atomic E-state index is 12.0. The molecule has 0 N–H and O–H groups in total. The summed E-state index contributed by atoms with van der Waals surface area (Å²) in [7, 11) is 1.80. The van der Waals surface area contributed by atoms with E-state index >= 15 is 0 Å². The van der Waals surface area contributed by atoms with Crippen LogP contribution in [-0.2, 0) is 28.0 Å². The van der Waals surface area contributed by atoms with Gasteiger partial charge in [0.25, 0.3) is 0 Å². The summed E-state index contributed by atoms with van der Waals surface area (Å²) in [6.07, 6.45) is 3.01. The van der Waals surface area contributed by atoms with Gasteiger partial charge in [0.2, 0.25) is 5.82 Å². The molecule has 2 aliphatic rings. The molecule has 0 bridgehead atoms. The van der Waals surface area contributed by atoms with Crippen molar-refractivity contribution in [3.05, 3.63) is 60.5 Å². The fourth-order valence-electron chi connectivity index (χ4n) is 3.44. The van der Waals surface area contributed by atoms with Crippen molar-refractivity contribution in [1.82, 2.24) is 24.5 Å². The van der Waals surface area contributed by atoms with Crippen molar-refractivity contribution in [2.45, 2.75) is 24.7 Å². The fraction of sp³-hybridized carbons (Fsp3) is 0.400. The average molecular weight is 474 g/mol. The Morgan fingerprint density at radius 3 is 2.81 bits per heavy atom. The molecule has 3 aromatic rings. The van der Waals surface area contributed by atoms with E-state index in [1.54, 1.807) is 7.11 Å². The second-order valence-corrected chi connectivity index (χ2v) is 6.94. The van der Waals surface area contributed by atoms with Gasteiger partial charge in [-0.1, -0.05) is 24.5 Å². The Morgan fingerprint density at radius 1 is 1.29 bits per heavy atom. The normalized spacial score (nSPS) is 20.6. The minimum Gasteiger partial charge on any atom is -0.550 e. The average Bonchev–Trinajstić information content (AvgIpc) is 3.41. The van der Waals surface area contributed by atoms with Crippen molar-refractivity contribution < 1.29 is 39.7 Å². The fourth-order valence-corrected chi connectivity index (χ4v) is 3.44. The maximum Gasteiger partial charge on any atom is 2.00 e. The van der Waals surface area contributed by atoms with Crippen LogP contribution in [0.1, 0.15) is 17.8 Å². The van der Waals surface area contributed by atoms with Gasteiger partial charge in [-0.3, -0.25) is 4.98 Å². The standard InChI is InChI=1S/C14H18NO2.C6H2F3N4.Mn/c1-16-13-6-7-15(9-13)12-8-11-4-2-3-5-14(11)17-10-12;7-6(8,9)4-11-5-10-2-1-3-13(5)12-4;/h2-5,8,12-13H,6-7,9-10H2,1H3;1-2H;/q2*-1;+2. The largest absolute Gasteiger partial charge is 2.00 e. The molecule has 1 saturated heterocycles. The van der Waals surface area contributed by atoms with Crippen LogP contribution in [0.15, 0.2) is 36.5 Å². The van der Waals surface area contributed by atoms with Crippen molar-refractivity contribution in [2.24, 2.45) is 0 Å². The molecule has 2 aromatic heterocycles. The summed E-state index contributed by atoms with van der Waals surface area (Å²) in [6, 6.07) is 9.97. The SMILES string of the molecule is COC1CCN(C2[CH-]c3ccccc3OC2)C1.FC(F)(F)c1nc2ncc[c-]n2n1.[Mn+2]. The Hall–Kier alpha value is -2.33. The van der Waals surface area contributed by atoms with E-state index in [0.29, 0.717) is 12.1 Å². The number of nitrogens with zero attached hydrogens (tertiary/aromatic N) is 5. The molecule has 31 heavy (non-hydrogen) atoms. The zero-order valence-electron chi connectivity index (χ0n) is 16.6. The molecule has 11 heteroatoms. The van der Waals surface area contributed by atoms with Crippen LogP contribution in [0.2, 0.25) is 0 Å². The quantitative estimate of drug-likeness (QED) is 0.421. The van der Waals surface area contributed by atoms with Gasteiger partial charge in [-0.25, -0.2) is 0 Å². The molecule has 1 fully saturated rings. The van der Waals surface area contributed by atoms with Gasteiger partial charge in [0, 0.05) is 32.0 Å². The van der Waals surface area contributed by atoms with Gasteiger partial charge in [-0.05, 0) is 6.42 Å². The molecule has 4 heterocycles. The van der Waals surface area contributed by atoms with Crippen LogP contribution in [-0.4, -0.2) is 63.4 Å². The third-order valence-electron chi connectivity index (χ3n) is 4.98. The van der Waals surface area contributed by atoms with Crippen molar-refractivity contribution >= 4 is 5.78 Å². The Labute approximate surface area is 188 Å². The molecule has 0 aliphatic carbocycles. The molecular weight excluding hydrogens is 454 g/mol. The topological polar surface area (TPSA) is 64.8 Å². The summed E-state index contributed by atoms with van der Waals surface area (Å²) >= 11 is 0. The number of likely N-dealkylation sites (tertiary alicyclic amines) is 1. The van der Waals surface area contributed by atoms with E-state index < -0.39 is 12.0 Å². The molecule has 0 amide bonds. The van der Waals surface area contributed by atoms with Crippen LogP contribution in [0.5, 0.6) is 5.75 Å². The van der Waals surface area contributed by atoms with E-state index in [4.69, 9.17) is 9.47 Å². The Bertz CT molecular complexity index is 967. The van der Waals surface area contributed by atoms with Crippen LogP contribution < -0.4 is 4.74 Å². The first-order chi connectivity index (χ1) is 14.4. The monoisotopic (exact) mass is 474 g/mol. The van der Waals surface area contributed by atoms with E-state index in [9.17, 15) is 13.2 Å². The number of benzene rings is 1. The van der Waals surface area contributed by atoms with Crippen LogP contribution in [0, 0.1) is 12.6 Å². The molecule has 2 aliphatic heterocycles. The predicted molar refractivity (Wildman–Crippen MR) is 101 cm³/mol. The Kier molecular flexibility index (Phi) is 7.42. The Morgan fingerprint density at radius 2 is 2.10 bits per heavy atom. The third-order valence-corrected chi connectivity index (χ3v) is 4.98. The zero-order chi connectivity index (χ0) is 21.1. The summed E-state index contributed by atoms with van der Waals surface area (Å²) in [4.78, 5) is 9.19. The number of hydrogen-bond acceptors (Lipinski definition) is 6. The smallest absolute Gasteiger partial charge is 0.550 e. The van der Waals surface area contributed by atoms with Gasteiger partial charge in [0.1, 0.15) is 5.78 Å². The number of hydrogen-bond donors (Lipinski definition) is 0. The van der Waals surface area contributed by atoms with Gasteiger partial charge in [-0.2, -0.15) is 30.8 Å². The molecule has 7 nitrogen and oxygen atoms in total. The van der Waals surface area contributed by atoms with Gasteiger partial charge < -0.3 is 23.9 Å². The number of alkyl halides is 3. The third kappa shape index (κ3) is 5.48. The molecule has 1 aromatic carbocycles. The molecule has 2 unspecified atom stereocenters. The number of halogens is 3. The van der Waals surface area contributed by atoms with Crippen LogP contribution in [0.4, 0.5) is 13.2 Å². The minimum absolute atomic E-state index is 0. The van der Waals surface area contributed by atoms with Crippen molar-refractivity contribution in [3.63, 3.8) is 0 Å². The minimum atomic E-state index is -4.54. The number of rotatable bonds is 2. The van der Waals surface area contributed by atoms with Gasteiger partial charge in [-0.15, -0.1) is 17.7 Å². The van der Waals surface area contributed by atoms with Crippen LogP contribution in [0.3, 0.4) is 0 Å². The predicted octanol–water partition coefficient (Wildman–Crippen LogP) is 2.66. The second-order valence-electron chi connectivity index (χ2n) is 6.94. The summed E-state index contributed by atoms with van der Waals surface area (Å²) in [5.41, 5.74) is 1.21. The van der Waals surface area contributed by atoms with Crippen LogP contribution in [0.25, 0.3) is 5.78 Å². The Balaban J connectivity index is 0.000000176. The summed E-state index contributed by atoms with van der Waals surface area (Å²) in [6.45, 7) is 2.88. The van der Waals surface area contributed by atoms with E-state index in [2.05, 4.69) is 44.7 Å². The number of para-hydroxylation sites is 1. The number of aromatic nitrogens is 4. The molecular formula is C20H20F3MnN5O2. The molecule has 5 rings (SSSR count). The van der Waals surface area contributed by atoms with Gasteiger partial charge >= 0.3 is 23.2 Å². The molecule has 165 valence electrons. The first kappa shape index (κ1) is 23.3. The number of fused-ring (bicyclic) bond motifs is 2. The van der Waals surface area contributed by atoms with Crippen molar-refractivity contribution in [1.29, 1.82) is 0 Å². The van der Waals surface area contributed by atoms with Crippen molar-refractivity contribution in [3.8, 4) is 5.75 Å². The van der Waals surface area contributed by atoms with Gasteiger partial charge in [0.15, 0.2) is 0 Å².